The molecule has 3 atom stereocenters. The topological polar surface area (TPSA) is 104 Å². The first-order valence-corrected chi connectivity index (χ1v) is 14.8. The minimum Gasteiger partial charge on any atom is -0.497 e. The molecule has 8 heteroatoms. The number of carbonyl (C=O) groups excluding carboxylic acids is 3. The highest BCUT2D eigenvalue weighted by Gasteiger charge is 2.49. The number of nitrogens with one attached hydrogen (secondary N) is 3. The third-order valence-electron chi connectivity index (χ3n) is 8.70. The summed E-state index contributed by atoms with van der Waals surface area (Å²) in [5.74, 6) is -0.0995. The Morgan fingerprint density at radius 3 is 2.43 bits per heavy atom. The third-order valence-corrected chi connectivity index (χ3v) is 8.70. The van der Waals surface area contributed by atoms with E-state index in [0.29, 0.717) is 24.9 Å². The van der Waals surface area contributed by atoms with Gasteiger partial charge in [-0.25, -0.2) is 0 Å². The predicted octanol–water partition coefficient (Wildman–Crippen LogP) is 4.69. The zero-order valence-corrected chi connectivity index (χ0v) is 24.2. The van der Waals surface area contributed by atoms with Crippen molar-refractivity contribution in [3.8, 4) is 5.75 Å². The standard InChI is InChI=1S/C36H32N4O4/c1-44-24-17-15-23(16-18-24)21-37-34(41)30(19-22-9-3-2-4-10-22)39-35(42)31-20-28-25-11-7-8-14-29(25)38-32(28)33-26-12-5-6-13-27(26)36(43)40(31)33/h2-18,30-31,33,38H,19-21H2,1H3,(H,37,41)(H,39,42)/t30-,31-,33-/m0/s1. The second kappa shape index (κ2) is 11.4. The first-order chi connectivity index (χ1) is 21.5. The number of benzene rings is 4. The molecule has 2 aliphatic heterocycles. The molecule has 0 aliphatic carbocycles. The van der Waals surface area contributed by atoms with Crippen LogP contribution in [0.15, 0.2) is 103 Å². The molecule has 0 unspecified atom stereocenters. The molecule has 0 radical (unpaired) electrons. The van der Waals surface area contributed by atoms with Gasteiger partial charge in [-0.1, -0.05) is 78.9 Å². The molecule has 0 bridgehead atoms. The molecule has 44 heavy (non-hydrogen) atoms. The summed E-state index contributed by atoms with van der Waals surface area (Å²) in [4.78, 5) is 46.9. The van der Waals surface area contributed by atoms with Gasteiger partial charge in [0.25, 0.3) is 5.91 Å². The number of amides is 3. The highest BCUT2D eigenvalue weighted by molar-refractivity contribution is 6.04. The average molecular weight is 585 g/mol. The van der Waals surface area contributed by atoms with E-state index >= 15 is 0 Å². The summed E-state index contributed by atoms with van der Waals surface area (Å²) in [5.41, 5.74) is 6.23. The van der Waals surface area contributed by atoms with E-state index in [0.717, 1.165) is 44.6 Å². The number of fused-ring (bicyclic) bond motifs is 7. The van der Waals surface area contributed by atoms with E-state index in [1.165, 1.54) is 0 Å². The fourth-order valence-corrected chi connectivity index (χ4v) is 6.52. The van der Waals surface area contributed by atoms with Crippen molar-refractivity contribution in [2.45, 2.75) is 37.5 Å². The summed E-state index contributed by atoms with van der Waals surface area (Å²) in [5, 5.41) is 7.07. The van der Waals surface area contributed by atoms with E-state index in [9.17, 15) is 14.4 Å². The number of methoxy groups -OCH3 is 1. The second-order valence-corrected chi connectivity index (χ2v) is 11.3. The zero-order valence-electron chi connectivity index (χ0n) is 24.2. The molecule has 3 N–H and O–H groups in total. The molecule has 0 fully saturated rings. The molecule has 1 aromatic heterocycles. The van der Waals surface area contributed by atoms with Crippen molar-refractivity contribution < 1.29 is 19.1 Å². The Bertz CT molecular complexity index is 1860. The average Bonchev–Trinajstić information content (AvgIpc) is 3.59. The maximum Gasteiger partial charge on any atom is 0.255 e. The number of H-pyrrole nitrogens is 1. The highest BCUT2D eigenvalue weighted by atomic mass is 16.5. The van der Waals surface area contributed by atoms with Gasteiger partial charge in [-0.15, -0.1) is 0 Å². The van der Waals surface area contributed by atoms with E-state index in [4.69, 9.17) is 4.74 Å². The number of hydrogen-bond donors (Lipinski definition) is 3. The quantitative estimate of drug-likeness (QED) is 0.246. The Balaban J connectivity index is 1.19. The Kier molecular flexibility index (Phi) is 7.10. The van der Waals surface area contributed by atoms with Gasteiger partial charge in [0.05, 0.1) is 13.2 Å². The van der Waals surface area contributed by atoms with Crippen LogP contribution < -0.4 is 15.4 Å². The Labute approximate surface area is 255 Å². The predicted molar refractivity (Wildman–Crippen MR) is 167 cm³/mol. The van der Waals surface area contributed by atoms with Gasteiger partial charge in [-0.2, -0.15) is 0 Å². The van der Waals surface area contributed by atoms with Gasteiger partial charge in [0.1, 0.15) is 17.8 Å². The van der Waals surface area contributed by atoms with Gasteiger partial charge in [0.15, 0.2) is 0 Å². The van der Waals surface area contributed by atoms with E-state index < -0.39 is 18.1 Å². The lowest BCUT2D eigenvalue weighted by atomic mass is 9.89. The van der Waals surface area contributed by atoms with Crippen LogP contribution in [0.25, 0.3) is 10.9 Å². The SMILES string of the molecule is COc1ccc(CNC(=O)[C@H](Cc2ccccc2)NC(=O)[C@@H]2Cc3c([nH]c4ccccc34)[C@@H]3c4ccccc4C(=O)N32)cc1. The van der Waals surface area contributed by atoms with Crippen LogP contribution >= 0.6 is 0 Å². The van der Waals surface area contributed by atoms with Crippen molar-refractivity contribution in [2.24, 2.45) is 0 Å². The van der Waals surface area contributed by atoms with Gasteiger partial charge >= 0.3 is 0 Å². The molecule has 3 amide bonds. The number of rotatable bonds is 8. The lowest BCUT2D eigenvalue weighted by Gasteiger charge is -2.37. The normalized spacial score (nSPS) is 17.4. The van der Waals surface area contributed by atoms with Crippen molar-refractivity contribution in [1.29, 1.82) is 0 Å². The summed E-state index contributed by atoms with van der Waals surface area (Å²) in [6, 6.07) is 30.6. The minimum atomic E-state index is -0.842. The van der Waals surface area contributed by atoms with Crippen molar-refractivity contribution in [1.82, 2.24) is 20.5 Å². The first-order valence-electron chi connectivity index (χ1n) is 14.8. The van der Waals surface area contributed by atoms with Gasteiger partial charge in [0, 0.05) is 41.5 Å². The van der Waals surface area contributed by atoms with Crippen molar-refractivity contribution in [3.63, 3.8) is 0 Å². The van der Waals surface area contributed by atoms with Crippen LogP contribution in [0.5, 0.6) is 5.75 Å². The van der Waals surface area contributed by atoms with Gasteiger partial charge < -0.3 is 25.3 Å². The van der Waals surface area contributed by atoms with E-state index in [2.05, 4.69) is 15.6 Å². The number of ether oxygens (including phenoxy) is 1. The number of aromatic nitrogens is 1. The smallest absolute Gasteiger partial charge is 0.255 e. The van der Waals surface area contributed by atoms with E-state index in [1.807, 2.05) is 103 Å². The molecule has 8 nitrogen and oxygen atoms in total. The fourth-order valence-electron chi connectivity index (χ4n) is 6.52. The minimum absolute atomic E-state index is 0.182. The molecule has 0 saturated heterocycles. The zero-order chi connectivity index (χ0) is 30.2. The maximum absolute atomic E-state index is 14.2. The van der Waals surface area contributed by atoms with Crippen molar-refractivity contribution in [3.05, 3.63) is 137 Å². The van der Waals surface area contributed by atoms with Crippen LogP contribution in [-0.2, 0) is 29.0 Å². The molecule has 4 aromatic carbocycles. The number of aromatic amines is 1. The summed E-state index contributed by atoms with van der Waals surface area (Å²) in [6.45, 7) is 0.300. The van der Waals surface area contributed by atoms with Crippen molar-refractivity contribution in [2.75, 3.05) is 7.11 Å². The molecule has 220 valence electrons. The maximum atomic E-state index is 14.2. The van der Waals surface area contributed by atoms with E-state index in [1.54, 1.807) is 12.0 Å². The first kappa shape index (κ1) is 27.5. The van der Waals surface area contributed by atoms with Crippen molar-refractivity contribution >= 4 is 28.6 Å². The van der Waals surface area contributed by atoms with Gasteiger partial charge in [0.2, 0.25) is 11.8 Å². The van der Waals surface area contributed by atoms with Crippen LogP contribution in [0, 0.1) is 0 Å². The molecule has 0 spiro atoms. The van der Waals surface area contributed by atoms with Gasteiger partial charge in [-0.05, 0) is 46.5 Å². The Morgan fingerprint density at radius 1 is 0.909 bits per heavy atom. The van der Waals surface area contributed by atoms with Crippen LogP contribution in [0.2, 0.25) is 0 Å². The van der Waals surface area contributed by atoms with Crippen LogP contribution in [-0.4, -0.2) is 46.8 Å². The molecule has 7 rings (SSSR count). The van der Waals surface area contributed by atoms with Crippen LogP contribution in [0.1, 0.15) is 44.3 Å². The Morgan fingerprint density at radius 2 is 1.64 bits per heavy atom. The van der Waals surface area contributed by atoms with Crippen LogP contribution in [0.3, 0.4) is 0 Å². The summed E-state index contributed by atoms with van der Waals surface area (Å²) >= 11 is 0. The molecule has 0 saturated carbocycles. The number of carbonyl (C=O) groups is 3. The van der Waals surface area contributed by atoms with Gasteiger partial charge in [-0.3, -0.25) is 14.4 Å². The molecular weight excluding hydrogens is 552 g/mol. The number of nitrogens with zero attached hydrogens (tertiary/aromatic N) is 1. The lowest BCUT2D eigenvalue weighted by Crippen LogP contribution is -2.57. The summed E-state index contributed by atoms with van der Waals surface area (Å²) in [7, 11) is 1.61. The highest BCUT2D eigenvalue weighted by Crippen LogP contribution is 2.46. The van der Waals surface area contributed by atoms with E-state index in [-0.39, 0.29) is 17.7 Å². The van der Waals surface area contributed by atoms with Crippen LogP contribution in [0.4, 0.5) is 0 Å². The molecule has 5 aromatic rings. The monoisotopic (exact) mass is 584 g/mol. The third kappa shape index (κ3) is 4.88. The molecule has 3 heterocycles. The summed E-state index contributed by atoms with van der Waals surface area (Å²) in [6.07, 6.45) is 0.649. The Hall–Kier alpha value is -5.37. The lowest BCUT2D eigenvalue weighted by molar-refractivity contribution is -0.132. The molecular formula is C36H32N4O4. The second-order valence-electron chi connectivity index (χ2n) is 11.3. The molecule has 2 aliphatic rings. The largest absolute Gasteiger partial charge is 0.497 e. The fraction of sp³-hybridized carbons (Fsp3) is 0.194. The number of para-hydroxylation sites is 1. The number of hydrogen-bond acceptors (Lipinski definition) is 4. The summed E-state index contributed by atoms with van der Waals surface area (Å²) < 4.78 is 5.23.